The fourth-order valence-corrected chi connectivity index (χ4v) is 3.56. The van der Waals surface area contributed by atoms with Gasteiger partial charge in [-0.15, -0.1) is 0 Å². The van der Waals surface area contributed by atoms with Gasteiger partial charge in [-0.1, -0.05) is 13.8 Å². The van der Waals surface area contributed by atoms with E-state index in [-0.39, 0.29) is 30.2 Å². The van der Waals surface area contributed by atoms with Crippen LogP contribution in [0.2, 0.25) is 0 Å². The number of hydrogen-bond acceptors (Lipinski definition) is 4. The van der Waals surface area contributed by atoms with E-state index in [2.05, 4.69) is 5.32 Å². The summed E-state index contributed by atoms with van der Waals surface area (Å²) in [5.74, 6) is 0.123. The number of amides is 1. The molecule has 1 unspecified atom stereocenters. The Morgan fingerprint density at radius 3 is 2.74 bits per heavy atom. The van der Waals surface area contributed by atoms with Crippen molar-refractivity contribution >= 4 is 15.9 Å². The first-order valence-electron chi connectivity index (χ1n) is 6.67. The van der Waals surface area contributed by atoms with E-state index in [4.69, 9.17) is 4.74 Å². The number of hydrogen-bond donors (Lipinski definition) is 1. The highest BCUT2D eigenvalue weighted by molar-refractivity contribution is 7.89. The predicted molar refractivity (Wildman–Crippen MR) is 73.2 cm³/mol. The molecule has 1 fully saturated rings. The molecule has 1 aliphatic rings. The molecule has 0 aromatic rings. The van der Waals surface area contributed by atoms with E-state index < -0.39 is 10.0 Å². The van der Waals surface area contributed by atoms with Gasteiger partial charge in [0.05, 0.1) is 19.0 Å². The van der Waals surface area contributed by atoms with Crippen molar-refractivity contribution in [2.24, 2.45) is 5.92 Å². The molecule has 0 aromatic heterocycles. The monoisotopic (exact) mass is 292 g/mol. The van der Waals surface area contributed by atoms with Crippen LogP contribution in [0, 0.1) is 5.92 Å². The molecule has 1 amide bonds. The molecular weight excluding hydrogens is 268 g/mol. The van der Waals surface area contributed by atoms with Crippen LogP contribution in [0.15, 0.2) is 0 Å². The minimum absolute atomic E-state index is 0.0544. The molecule has 1 atom stereocenters. The van der Waals surface area contributed by atoms with Gasteiger partial charge in [-0.25, -0.2) is 8.42 Å². The van der Waals surface area contributed by atoms with Gasteiger partial charge >= 0.3 is 0 Å². The fourth-order valence-electron chi connectivity index (χ4n) is 2.00. The van der Waals surface area contributed by atoms with E-state index in [1.807, 2.05) is 20.8 Å². The minimum atomic E-state index is -3.32. The van der Waals surface area contributed by atoms with Crippen molar-refractivity contribution in [3.8, 4) is 0 Å². The summed E-state index contributed by atoms with van der Waals surface area (Å²) in [6.07, 6.45) is 0.425. The second-order valence-electron chi connectivity index (χ2n) is 5.30. The number of carbonyl (C=O) groups excluding carboxylic acids is 1. The standard InChI is InChI=1S/C12H24N2O4S/c1-10(2)8-12(15)13-4-7-19(16,17)14-5-6-18-9-11(14)3/h10-11H,4-9H2,1-3H3,(H,13,15). The van der Waals surface area contributed by atoms with Gasteiger partial charge in [0, 0.05) is 25.6 Å². The summed E-state index contributed by atoms with van der Waals surface area (Å²) in [5.41, 5.74) is 0. The number of nitrogens with one attached hydrogen (secondary N) is 1. The molecule has 0 spiro atoms. The third-order valence-corrected chi connectivity index (χ3v) is 4.92. The second kappa shape index (κ2) is 7.21. The molecular formula is C12H24N2O4S. The number of morpholine rings is 1. The van der Waals surface area contributed by atoms with Gasteiger partial charge in [-0.2, -0.15) is 4.31 Å². The highest BCUT2D eigenvalue weighted by atomic mass is 32.2. The summed E-state index contributed by atoms with van der Waals surface area (Å²) in [4.78, 5) is 11.4. The molecule has 1 N–H and O–H groups in total. The Balaban J connectivity index is 2.40. The lowest BCUT2D eigenvalue weighted by Crippen LogP contribution is -2.49. The average molecular weight is 292 g/mol. The number of carbonyl (C=O) groups is 1. The summed E-state index contributed by atoms with van der Waals surface area (Å²) < 4.78 is 30.9. The first kappa shape index (κ1) is 16.4. The summed E-state index contributed by atoms with van der Waals surface area (Å²) in [7, 11) is -3.32. The molecule has 1 aliphatic heterocycles. The highest BCUT2D eigenvalue weighted by Crippen LogP contribution is 2.12. The van der Waals surface area contributed by atoms with Crippen molar-refractivity contribution in [2.45, 2.75) is 33.2 Å². The molecule has 6 nitrogen and oxygen atoms in total. The van der Waals surface area contributed by atoms with E-state index in [1.165, 1.54) is 4.31 Å². The average Bonchev–Trinajstić information content (AvgIpc) is 2.27. The highest BCUT2D eigenvalue weighted by Gasteiger charge is 2.29. The first-order valence-corrected chi connectivity index (χ1v) is 8.28. The van der Waals surface area contributed by atoms with Crippen LogP contribution in [0.25, 0.3) is 0 Å². The SMILES string of the molecule is CC(C)CC(=O)NCCS(=O)(=O)N1CCOCC1C. The minimum Gasteiger partial charge on any atom is -0.378 e. The van der Waals surface area contributed by atoms with Gasteiger partial charge in [-0.05, 0) is 12.8 Å². The molecule has 1 saturated heterocycles. The Morgan fingerprint density at radius 2 is 2.16 bits per heavy atom. The molecule has 0 saturated carbocycles. The van der Waals surface area contributed by atoms with E-state index in [0.717, 1.165) is 0 Å². The van der Waals surface area contributed by atoms with E-state index in [0.29, 0.717) is 26.2 Å². The maximum Gasteiger partial charge on any atom is 0.220 e. The van der Waals surface area contributed by atoms with Gasteiger partial charge in [0.2, 0.25) is 15.9 Å². The van der Waals surface area contributed by atoms with Gasteiger partial charge in [-0.3, -0.25) is 4.79 Å². The molecule has 112 valence electrons. The van der Waals surface area contributed by atoms with Crippen molar-refractivity contribution in [3.63, 3.8) is 0 Å². The predicted octanol–water partition coefficient (Wildman–Crippen LogP) is 0.199. The maximum atomic E-state index is 12.1. The topological polar surface area (TPSA) is 75.7 Å². The Labute approximate surface area is 115 Å². The Kier molecular flexibility index (Phi) is 6.22. The molecule has 0 aliphatic carbocycles. The smallest absolute Gasteiger partial charge is 0.220 e. The summed E-state index contributed by atoms with van der Waals surface area (Å²) in [6, 6.07) is -0.134. The van der Waals surface area contributed by atoms with Gasteiger partial charge < -0.3 is 10.1 Å². The summed E-state index contributed by atoms with van der Waals surface area (Å²) >= 11 is 0. The zero-order valence-electron chi connectivity index (χ0n) is 11.9. The van der Waals surface area contributed by atoms with Crippen LogP contribution in [-0.4, -0.2) is 56.7 Å². The first-order chi connectivity index (χ1) is 8.83. The summed E-state index contributed by atoms with van der Waals surface area (Å²) in [5, 5.41) is 2.65. The van der Waals surface area contributed by atoms with Crippen LogP contribution in [-0.2, 0) is 19.6 Å². The maximum absolute atomic E-state index is 12.1. The quantitative estimate of drug-likeness (QED) is 0.759. The van der Waals surface area contributed by atoms with Crippen molar-refractivity contribution < 1.29 is 17.9 Å². The molecule has 0 bridgehead atoms. The fraction of sp³-hybridized carbons (Fsp3) is 0.917. The third-order valence-electron chi connectivity index (χ3n) is 2.94. The van der Waals surface area contributed by atoms with E-state index in [9.17, 15) is 13.2 Å². The molecule has 1 heterocycles. The number of rotatable bonds is 6. The Morgan fingerprint density at radius 1 is 1.47 bits per heavy atom. The third kappa shape index (κ3) is 5.46. The number of ether oxygens (including phenoxy) is 1. The van der Waals surface area contributed by atoms with Gasteiger partial charge in [0.25, 0.3) is 0 Å². The van der Waals surface area contributed by atoms with Gasteiger partial charge in [0.1, 0.15) is 0 Å². The lowest BCUT2D eigenvalue weighted by molar-refractivity contribution is -0.121. The zero-order chi connectivity index (χ0) is 14.5. The van der Waals surface area contributed by atoms with Crippen LogP contribution < -0.4 is 5.32 Å². The largest absolute Gasteiger partial charge is 0.378 e. The van der Waals surface area contributed by atoms with Crippen molar-refractivity contribution in [1.82, 2.24) is 9.62 Å². The Bertz CT molecular complexity index is 395. The zero-order valence-corrected chi connectivity index (χ0v) is 12.7. The normalized spacial score (nSPS) is 21.6. The lowest BCUT2D eigenvalue weighted by Gasteiger charge is -2.32. The molecule has 1 rings (SSSR count). The molecule has 7 heteroatoms. The lowest BCUT2D eigenvalue weighted by atomic mass is 10.1. The van der Waals surface area contributed by atoms with E-state index >= 15 is 0 Å². The molecule has 0 aromatic carbocycles. The van der Waals surface area contributed by atoms with Crippen LogP contribution >= 0.6 is 0 Å². The van der Waals surface area contributed by atoms with Crippen molar-refractivity contribution in [3.05, 3.63) is 0 Å². The summed E-state index contributed by atoms with van der Waals surface area (Å²) in [6.45, 7) is 7.15. The van der Waals surface area contributed by atoms with Crippen LogP contribution in [0.4, 0.5) is 0 Å². The van der Waals surface area contributed by atoms with Crippen molar-refractivity contribution in [2.75, 3.05) is 32.1 Å². The molecule has 19 heavy (non-hydrogen) atoms. The number of sulfonamides is 1. The molecule has 0 radical (unpaired) electrons. The second-order valence-corrected chi connectivity index (χ2v) is 7.34. The van der Waals surface area contributed by atoms with E-state index in [1.54, 1.807) is 0 Å². The van der Waals surface area contributed by atoms with Gasteiger partial charge in [0.15, 0.2) is 0 Å². The van der Waals surface area contributed by atoms with Crippen LogP contribution in [0.5, 0.6) is 0 Å². The van der Waals surface area contributed by atoms with Crippen molar-refractivity contribution in [1.29, 1.82) is 0 Å². The Hall–Kier alpha value is -0.660. The van der Waals surface area contributed by atoms with Crippen LogP contribution in [0.3, 0.4) is 0 Å². The number of nitrogens with zero attached hydrogens (tertiary/aromatic N) is 1. The van der Waals surface area contributed by atoms with Crippen LogP contribution in [0.1, 0.15) is 27.2 Å².